The molecular weight excluding hydrogens is 174 g/mol. The van der Waals surface area contributed by atoms with Gasteiger partial charge in [-0.2, -0.15) is 0 Å². The first kappa shape index (κ1) is 9.71. The second kappa shape index (κ2) is 2.60. The second-order valence-electron chi connectivity index (χ2n) is 5.47. The minimum absolute atomic E-state index is 0.101. The average molecular weight is 193 g/mol. The van der Waals surface area contributed by atoms with Gasteiger partial charge in [-0.1, -0.05) is 20.8 Å². The first-order valence-electron chi connectivity index (χ1n) is 5.19. The van der Waals surface area contributed by atoms with Crippen molar-refractivity contribution in [2.75, 3.05) is 0 Å². The SMILES string of the molecule is Cc1[nH]c(C2(N)CC2)nc1C(C)(C)C. The van der Waals surface area contributed by atoms with Gasteiger partial charge in [-0.05, 0) is 19.8 Å². The lowest BCUT2D eigenvalue weighted by Gasteiger charge is -2.16. The molecular formula is C11H19N3. The highest BCUT2D eigenvalue weighted by Gasteiger charge is 2.43. The van der Waals surface area contributed by atoms with Gasteiger partial charge in [0.05, 0.1) is 11.2 Å². The monoisotopic (exact) mass is 193 g/mol. The van der Waals surface area contributed by atoms with Crippen LogP contribution in [0.1, 0.15) is 50.8 Å². The van der Waals surface area contributed by atoms with Crippen molar-refractivity contribution in [1.29, 1.82) is 0 Å². The third kappa shape index (κ3) is 1.46. The van der Waals surface area contributed by atoms with Gasteiger partial charge in [-0.3, -0.25) is 0 Å². The summed E-state index contributed by atoms with van der Waals surface area (Å²) < 4.78 is 0. The van der Waals surface area contributed by atoms with Gasteiger partial charge in [0, 0.05) is 11.1 Å². The number of H-pyrrole nitrogens is 1. The molecule has 0 radical (unpaired) electrons. The maximum absolute atomic E-state index is 6.10. The summed E-state index contributed by atoms with van der Waals surface area (Å²) in [6.45, 7) is 8.60. The van der Waals surface area contributed by atoms with Crippen LogP contribution in [-0.2, 0) is 11.0 Å². The van der Waals surface area contributed by atoms with E-state index >= 15 is 0 Å². The van der Waals surface area contributed by atoms with Crippen molar-refractivity contribution in [3.05, 3.63) is 17.2 Å². The molecule has 1 aromatic rings. The number of nitrogens with one attached hydrogen (secondary N) is 1. The fourth-order valence-corrected chi connectivity index (χ4v) is 1.80. The topological polar surface area (TPSA) is 54.7 Å². The highest BCUT2D eigenvalue weighted by molar-refractivity contribution is 5.26. The predicted molar refractivity (Wildman–Crippen MR) is 57.1 cm³/mol. The number of rotatable bonds is 1. The van der Waals surface area contributed by atoms with Crippen LogP contribution >= 0.6 is 0 Å². The lowest BCUT2D eigenvalue weighted by Crippen LogP contribution is -2.21. The molecule has 1 aliphatic rings. The Balaban J connectivity index is 2.40. The molecule has 0 saturated heterocycles. The van der Waals surface area contributed by atoms with Gasteiger partial charge >= 0.3 is 0 Å². The van der Waals surface area contributed by atoms with Gasteiger partial charge in [0.15, 0.2) is 0 Å². The fraction of sp³-hybridized carbons (Fsp3) is 0.727. The van der Waals surface area contributed by atoms with E-state index in [4.69, 9.17) is 5.73 Å². The van der Waals surface area contributed by atoms with Gasteiger partial charge in [-0.25, -0.2) is 4.98 Å². The zero-order valence-electron chi connectivity index (χ0n) is 9.44. The van der Waals surface area contributed by atoms with Gasteiger partial charge < -0.3 is 10.7 Å². The largest absolute Gasteiger partial charge is 0.344 e. The minimum atomic E-state index is -0.145. The van der Waals surface area contributed by atoms with E-state index in [1.165, 1.54) is 0 Å². The molecule has 0 atom stereocenters. The Hall–Kier alpha value is -0.830. The van der Waals surface area contributed by atoms with Crippen LogP contribution in [0.2, 0.25) is 0 Å². The lowest BCUT2D eigenvalue weighted by atomic mass is 9.91. The molecule has 1 fully saturated rings. The highest BCUT2D eigenvalue weighted by atomic mass is 15.0. The van der Waals surface area contributed by atoms with Crippen molar-refractivity contribution < 1.29 is 0 Å². The van der Waals surface area contributed by atoms with Crippen LogP contribution in [0.4, 0.5) is 0 Å². The summed E-state index contributed by atoms with van der Waals surface area (Å²) in [6, 6.07) is 0. The Morgan fingerprint density at radius 1 is 1.36 bits per heavy atom. The van der Waals surface area contributed by atoms with E-state index in [9.17, 15) is 0 Å². The first-order chi connectivity index (χ1) is 6.33. The standard InChI is InChI=1S/C11H19N3/c1-7-8(10(2,3)4)14-9(13-7)11(12)5-6-11/h5-6,12H2,1-4H3,(H,13,14). The van der Waals surface area contributed by atoms with Gasteiger partial charge in [0.2, 0.25) is 0 Å². The number of aromatic nitrogens is 2. The number of aryl methyl sites for hydroxylation is 1. The Labute approximate surface area is 85.1 Å². The number of nitrogens with zero attached hydrogens (tertiary/aromatic N) is 1. The number of imidazole rings is 1. The van der Waals surface area contributed by atoms with Crippen LogP contribution in [0.25, 0.3) is 0 Å². The molecule has 0 amide bonds. The molecule has 0 spiro atoms. The van der Waals surface area contributed by atoms with E-state index in [-0.39, 0.29) is 11.0 Å². The normalized spacial score (nSPS) is 19.8. The molecule has 0 aromatic carbocycles. The van der Waals surface area contributed by atoms with Crippen LogP contribution < -0.4 is 5.73 Å². The molecule has 0 unspecified atom stereocenters. The zero-order chi connectivity index (χ0) is 10.6. The van der Waals surface area contributed by atoms with Gasteiger partial charge in [0.1, 0.15) is 5.82 Å². The number of aromatic amines is 1. The summed E-state index contributed by atoms with van der Waals surface area (Å²) in [5.41, 5.74) is 8.36. The quantitative estimate of drug-likeness (QED) is 0.716. The molecule has 1 heterocycles. The van der Waals surface area contributed by atoms with Gasteiger partial charge in [-0.15, -0.1) is 0 Å². The van der Waals surface area contributed by atoms with Crippen molar-refractivity contribution in [2.24, 2.45) is 5.73 Å². The Kier molecular flexibility index (Phi) is 1.80. The van der Waals surface area contributed by atoms with Crippen molar-refractivity contribution in [2.45, 2.75) is 51.5 Å². The molecule has 3 nitrogen and oxygen atoms in total. The summed E-state index contributed by atoms with van der Waals surface area (Å²) >= 11 is 0. The lowest BCUT2D eigenvalue weighted by molar-refractivity contribution is 0.563. The molecule has 2 rings (SSSR count). The summed E-state index contributed by atoms with van der Waals surface area (Å²) in [5.74, 6) is 0.972. The van der Waals surface area contributed by atoms with E-state index in [1.807, 2.05) is 0 Å². The van der Waals surface area contributed by atoms with Crippen LogP contribution in [0, 0.1) is 6.92 Å². The molecule has 0 bridgehead atoms. The van der Waals surface area contributed by atoms with Crippen LogP contribution in [0.15, 0.2) is 0 Å². The Morgan fingerprint density at radius 3 is 2.29 bits per heavy atom. The van der Waals surface area contributed by atoms with Crippen molar-refractivity contribution in [1.82, 2.24) is 9.97 Å². The Bertz CT molecular complexity index is 353. The van der Waals surface area contributed by atoms with Crippen molar-refractivity contribution >= 4 is 0 Å². The molecule has 1 aromatic heterocycles. The maximum atomic E-state index is 6.10. The van der Waals surface area contributed by atoms with E-state index in [1.54, 1.807) is 0 Å². The molecule has 1 saturated carbocycles. The average Bonchev–Trinajstić information content (AvgIpc) is 2.61. The van der Waals surface area contributed by atoms with E-state index in [0.717, 1.165) is 30.1 Å². The molecule has 3 N–H and O–H groups in total. The zero-order valence-corrected chi connectivity index (χ0v) is 9.44. The minimum Gasteiger partial charge on any atom is -0.344 e. The molecule has 0 aliphatic heterocycles. The van der Waals surface area contributed by atoms with E-state index in [0.29, 0.717) is 0 Å². The number of hydrogen-bond acceptors (Lipinski definition) is 2. The summed E-state index contributed by atoms with van der Waals surface area (Å²) in [4.78, 5) is 7.95. The maximum Gasteiger partial charge on any atom is 0.126 e. The van der Waals surface area contributed by atoms with Gasteiger partial charge in [0.25, 0.3) is 0 Å². The molecule has 1 aliphatic carbocycles. The highest BCUT2D eigenvalue weighted by Crippen LogP contribution is 2.42. The smallest absolute Gasteiger partial charge is 0.126 e. The Morgan fingerprint density at radius 2 is 1.93 bits per heavy atom. The first-order valence-corrected chi connectivity index (χ1v) is 5.19. The fourth-order valence-electron chi connectivity index (χ4n) is 1.80. The van der Waals surface area contributed by atoms with E-state index in [2.05, 4.69) is 37.7 Å². The number of hydrogen-bond donors (Lipinski definition) is 2. The molecule has 14 heavy (non-hydrogen) atoms. The van der Waals surface area contributed by atoms with Crippen molar-refractivity contribution in [3.8, 4) is 0 Å². The number of nitrogens with two attached hydrogens (primary N) is 1. The second-order valence-corrected chi connectivity index (χ2v) is 5.47. The molecule has 3 heteroatoms. The third-order valence-corrected chi connectivity index (χ3v) is 2.86. The summed E-state index contributed by atoms with van der Waals surface area (Å²) in [5, 5.41) is 0. The predicted octanol–water partition coefficient (Wildman–Crippen LogP) is 1.96. The van der Waals surface area contributed by atoms with Crippen LogP contribution in [-0.4, -0.2) is 9.97 Å². The van der Waals surface area contributed by atoms with Crippen LogP contribution in [0.3, 0.4) is 0 Å². The summed E-state index contributed by atoms with van der Waals surface area (Å²) in [6.07, 6.45) is 2.12. The van der Waals surface area contributed by atoms with E-state index < -0.39 is 0 Å². The molecule has 78 valence electrons. The van der Waals surface area contributed by atoms with Crippen molar-refractivity contribution in [3.63, 3.8) is 0 Å². The summed E-state index contributed by atoms with van der Waals surface area (Å²) in [7, 11) is 0. The van der Waals surface area contributed by atoms with Crippen LogP contribution in [0.5, 0.6) is 0 Å². The third-order valence-electron chi connectivity index (χ3n) is 2.86.